The molecule has 1 unspecified atom stereocenters. The maximum atomic E-state index is 12.0. The Morgan fingerprint density at radius 2 is 2.11 bits per heavy atom. The van der Waals surface area contributed by atoms with Gasteiger partial charge in [0.2, 0.25) is 5.91 Å². The first-order chi connectivity index (χ1) is 8.92. The van der Waals surface area contributed by atoms with Gasteiger partial charge in [-0.25, -0.2) is 0 Å². The molecule has 0 fully saturated rings. The number of hydrogen-bond donors (Lipinski definition) is 2. The van der Waals surface area contributed by atoms with E-state index in [0.29, 0.717) is 17.8 Å². The van der Waals surface area contributed by atoms with Gasteiger partial charge in [0.05, 0.1) is 11.4 Å². The third kappa shape index (κ3) is 5.39. The van der Waals surface area contributed by atoms with E-state index in [2.05, 4.69) is 17.4 Å². The zero-order valence-corrected chi connectivity index (χ0v) is 12.6. The van der Waals surface area contributed by atoms with Gasteiger partial charge in [-0.3, -0.25) is 4.79 Å². The van der Waals surface area contributed by atoms with Gasteiger partial charge in [-0.15, -0.1) is 0 Å². The molecule has 0 saturated carbocycles. The molecule has 0 aliphatic heterocycles. The summed E-state index contributed by atoms with van der Waals surface area (Å²) in [6.07, 6.45) is 1.79. The van der Waals surface area contributed by atoms with Crippen LogP contribution in [0.1, 0.15) is 36.5 Å². The molecule has 0 aliphatic carbocycles. The van der Waals surface area contributed by atoms with Crippen LogP contribution in [0, 0.1) is 13.8 Å². The van der Waals surface area contributed by atoms with Gasteiger partial charge in [0, 0.05) is 12.5 Å². The fraction of sp³-hybridized carbons (Fsp3) is 0.467. The van der Waals surface area contributed by atoms with E-state index in [-0.39, 0.29) is 11.9 Å². The first kappa shape index (κ1) is 15.6. The molecule has 0 heterocycles. The standard InChI is InChI=1S/C15H22N2OS/c1-4-13(9-14(16)19)17-15(18)8-12-7-10(2)5-6-11(12)3/h5-7,13H,4,8-9H2,1-3H3,(H2,16,19)(H,17,18). The Balaban J connectivity index is 2.63. The molecule has 3 N–H and O–H groups in total. The van der Waals surface area contributed by atoms with Gasteiger partial charge in [0.25, 0.3) is 0 Å². The molecule has 1 rings (SSSR count). The molecule has 1 amide bonds. The monoisotopic (exact) mass is 278 g/mol. The molecule has 19 heavy (non-hydrogen) atoms. The van der Waals surface area contributed by atoms with E-state index in [1.807, 2.05) is 26.8 Å². The van der Waals surface area contributed by atoms with Crippen LogP contribution in [0.15, 0.2) is 18.2 Å². The van der Waals surface area contributed by atoms with Crippen LogP contribution in [0.5, 0.6) is 0 Å². The third-order valence-corrected chi connectivity index (χ3v) is 3.33. The van der Waals surface area contributed by atoms with Crippen molar-refractivity contribution >= 4 is 23.1 Å². The number of aryl methyl sites for hydroxylation is 2. The number of benzene rings is 1. The molecule has 0 spiro atoms. The summed E-state index contributed by atoms with van der Waals surface area (Å²) in [5, 5.41) is 2.99. The van der Waals surface area contributed by atoms with Crippen LogP contribution in [0.4, 0.5) is 0 Å². The second kappa shape index (κ2) is 7.24. The molecule has 0 radical (unpaired) electrons. The summed E-state index contributed by atoms with van der Waals surface area (Å²) in [7, 11) is 0. The molecule has 1 aromatic carbocycles. The minimum atomic E-state index is 0.0248. The number of nitrogens with two attached hydrogens (primary N) is 1. The second-order valence-corrected chi connectivity index (χ2v) is 5.47. The molecule has 0 aromatic heterocycles. The van der Waals surface area contributed by atoms with Gasteiger partial charge in [0.1, 0.15) is 0 Å². The third-order valence-electron chi connectivity index (χ3n) is 3.16. The van der Waals surface area contributed by atoms with E-state index in [1.165, 1.54) is 5.56 Å². The number of carbonyl (C=O) groups is 1. The first-order valence-electron chi connectivity index (χ1n) is 6.56. The highest BCUT2D eigenvalue weighted by atomic mass is 32.1. The van der Waals surface area contributed by atoms with Crippen LogP contribution in [0.2, 0.25) is 0 Å². The predicted octanol–water partition coefficient (Wildman–Crippen LogP) is 2.42. The van der Waals surface area contributed by atoms with E-state index in [9.17, 15) is 4.79 Å². The predicted molar refractivity (Wildman–Crippen MR) is 83.2 cm³/mol. The van der Waals surface area contributed by atoms with Crippen LogP contribution in [0.25, 0.3) is 0 Å². The van der Waals surface area contributed by atoms with Gasteiger partial charge in [-0.1, -0.05) is 42.9 Å². The Labute approximate surface area is 120 Å². The molecule has 0 bridgehead atoms. The van der Waals surface area contributed by atoms with Gasteiger partial charge in [0.15, 0.2) is 0 Å². The van der Waals surface area contributed by atoms with Crippen molar-refractivity contribution in [3.63, 3.8) is 0 Å². The van der Waals surface area contributed by atoms with Crippen LogP contribution >= 0.6 is 12.2 Å². The molecule has 104 valence electrons. The lowest BCUT2D eigenvalue weighted by Gasteiger charge is -2.16. The normalized spacial score (nSPS) is 11.9. The Morgan fingerprint density at radius 3 is 2.68 bits per heavy atom. The Morgan fingerprint density at radius 1 is 1.42 bits per heavy atom. The minimum Gasteiger partial charge on any atom is -0.393 e. The lowest BCUT2D eigenvalue weighted by molar-refractivity contribution is -0.121. The average molecular weight is 278 g/mol. The number of nitrogens with one attached hydrogen (secondary N) is 1. The molecule has 3 nitrogen and oxygen atoms in total. The van der Waals surface area contributed by atoms with Crippen LogP contribution in [-0.2, 0) is 11.2 Å². The van der Waals surface area contributed by atoms with E-state index < -0.39 is 0 Å². The Bertz CT molecular complexity index is 471. The van der Waals surface area contributed by atoms with E-state index in [4.69, 9.17) is 18.0 Å². The minimum absolute atomic E-state index is 0.0248. The van der Waals surface area contributed by atoms with Crippen LogP contribution < -0.4 is 11.1 Å². The number of carbonyl (C=O) groups excluding carboxylic acids is 1. The highest BCUT2D eigenvalue weighted by Gasteiger charge is 2.12. The number of rotatable bonds is 6. The summed E-state index contributed by atoms with van der Waals surface area (Å²) in [6, 6.07) is 6.20. The summed E-state index contributed by atoms with van der Waals surface area (Å²) in [5.41, 5.74) is 8.91. The smallest absolute Gasteiger partial charge is 0.224 e. The largest absolute Gasteiger partial charge is 0.393 e. The van der Waals surface area contributed by atoms with E-state index >= 15 is 0 Å². The van der Waals surface area contributed by atoms with Crippen molar-refractivity contribution in [3.05, 3.63) is 34.9 Å². The molecule has 4 heteroatoms. The summed E-state index contributed by atoms with van der Waals surface area (Å²) in [4.78, 5) is 12.5. The molecule has 0 saturated heterocycles. The quantitative estimate of drug-likeness (QED) is 0.786. The zero-order chi connectivity index (χ0) is 14.4. The van der Waals surface area contributed by atoms with Gasteiger partial charge >= 0.3 is 0 Å². The number of thiocarbonyl (C=S) groups is 1. The van der Waals surface area contributed by atoms with Crippen molar-refractivity contribution in [2.75, 3.05) is 0 Å². The summed E-state index contributed by atoms with van der Waals surface area (Å²) >= 11 is 4.88. The second-order valence-electron chi connectivity index (χ2n) is 4.95. The summed E-state index contributed by atoms with van der Waals surface area (Å²) in [6.45, 7) is 6.07. The van der Waals surface area contributed by atoms with Gasteiger partial charge in [-0.05, 0) is 31.4 Å². The topological polar surface area (TPSA) is 55.1 Å². The van der Waals surface area contributed by atoms with Crippen molar-refractivity contribution in [1.82, 2.24) is 5.32 Å². The fourth-order valence-corrected chi connectivity index (χ4v) is 2.18. The molecule has 1 aromatic rings. The van der Waals surface area contributed by atoms with E-state index in [0.717, 1.165) is 17.5 Å². The molecule has 1 atom stereocenters. The maximum absolute atomic E-state index is 12.0. The Hall–Kier alpha value is -1.42. The molecular formula is C15H22N2OS. The SMILES string of the molecule is CCC(CC(N)=S)NC(=O)Cc1cc(C)ccc1C. The van der Waals surface area contributed by atoms with Gasteiger partial charge < -0.3 is 11.1 Å². The molecule has 0 aliphatic rings. The average Bonchev–Trinajstić information content (AvgIpc) is 2.32. The van der Waals surface area contributed by atoms with Crippen molar-refractivity contribution in [1.29, 1.82) is 0 Å². The van der Waals surface area contributed by atoms with Crippen molar-refractivity contribution < 1.29 is 4.79 Å². The first-order valence-corrected chi connectivity index (χ1v) is 6.97. The fourth-order valence-electron chi connectivity index (χ4n) is 1.98. The van der Waals surface area contributed by atoms with Crippen molar-refractivity contribution in [2.45, 2.75) is 46.1 Å². The number of amides is 1. The van der Waals surface area contributed by atoms with Crippen LogP contribution in [0.3, 0.4) is 0 Å². The highest BCUT2D eigenvalue weighted by molar-refractivity contribution is 7.80. The lowest BCUT2D eigenvalue weighted by atomic mass is 10.0. The van der Waals surface area contributed by atoms with E-state index in [1.54, 1.807) is 0 Å². The number of hydrogen-bond acceptors (Lipinski definition) is 2. The Kier molecular flexibility index (Phi) is 5.96. The summed E-state index contributed by atoms with van der Waals surface area (Å²) in [5.74, 6) is 0.0248. The van der Waals surface area contributed by atoms with Gasteiger partial charge in [-0.2, -0.15) is 0 Å². The summed E-state index contributed by atoms with van der Waals surface area (Å²) < 4.78 is 0. The lowest BCUT2D eigenvalue weighted by Crippen LogP contribution is -2.38. The van der Waals surface area contributed by atoms with Crippen molar-refractivity contribution in [2.24, 2.45) is 5.73 Å². The maximum Gasteiger partial charge on any atom is 0.224 e. The highest BCUT2D eigenvalue weighted by Crippen LogP contribution is 2.11. The van der Waals surface area contributed by atoms with Crippen molar-refractivity contribution in [3.8, 4) is 0 Å². The zero-order valence-electron chi connectivity index (χ0n) is 11.8. The molecular weight excluding hydrogens is 256 g/mol. The van der Waals surface area contributed by atoms with Crippen LogP contribution in [-0.4, -0.2) is 16.9 Å².